The minimum atomic E-state index is -1.18. The Morgan fingerprint density at radius 3 is 2.36 bits per heavy atom. The van der Waals surface area contributed by atoms with Gasteiger partial charge in [0.1, 0.15) is 12.6 Å². The first-order valence-corrected chi connectivity index (χ1v) is 2.65. The summed E-state index contributed by atoms with van der Waals surface area (Å²) in [7, 11) is 0. The van der Waals surface area contributed by atoms with E-state index in [9.17, 15) is 9.59 Å². The summed E-state index contributed by atoms with van der Waals surface area (Å²) in [5.74, 6) is -1.71. The third-order valence-electron chi connectivity index (χ3n) is 0.783. The molecular weight excluding hydrogens is 170 g/mol. The second-order valence-corrected chi connectivity index (χ2v) is 1.75. The van der Waals surface area contributed by atoms with Crippen LogP contribution in [0.4, 0.5) is 0 Å². The number of carboxylic acid groups (broad SMARTS) is 1. The number of ether oxygens (including phenoxy) is 1. The number of aliphatic carboxylic acids is 1. The fraction of sp³-hybridized carbons (Fsp3) is 0.600. The molecule has 0 spiro atoms. The zero-order valence-corrected chi connectivity index (χ0v) is 7.03. The van der Waals surface area contributed by atoms with Crippen molar-refractivity contribution in [3.8, 4) is 0 Å². The molecule has 5 nitrogen and oxygen atoms in total. The Hall–Kier alpha value is -0.750. The van der Waals surface area contributed by atoms with Crippen LogP contribution in [-0.4, -0.2) is 29.7 Å². The van der Waals surface area contributed by atoms with Crippen molar-refractivity contribution >= 4 is 25.4 Å². The molecule has 6 heteroatoms. The third-order valence-corrected chi connectivity index (χ3v) is 0.783. The lowest BCUT2D eigenvalue weighted by atomic mass is 10.3. The Labute approximate surface area is 71.0 Å². The summed E-state index contributed by atoms with van der Waals surface area (Å²) in [5.41, 5.74) is 4.99. The van der Waals surface area contributed by atoms with Gasteiger partial charge >= 0.3 is 11.9 Å². The summed E-state index contributed by atoms with van der Waals surface area (Å²) in [6, 6.07) is -1.12. The molecule has 1 atom stereocenters. The smallest absolute Gasteiger partial charge is 0.324 e. The lowest BCUT2D eigenvalue weighted by Gasteiger charge is -2.04. The molecule has 0 aromatic rings. The van der Waals surface area contributed by atoms with Crippen LogP contribution < -0.4 is 5.73 Å². The zero-order chi connectivity index (χ0) is 8.15. The van der Waals surface area contributed by atoms with E-state index in [2.05, 4.69) is 4.74 Å². The van der Waals surface area contributed by atoms with E-state index in [0.29, 0.717) is 0 Å². The predicted octanol–water partition coefficient (Wildman–Crippen LogP) is -0.926. The van der Waals surface area contributed by atoms with Crippen molar-refractivity contribution in [1.29, 1.82) is 0 Å². The van der Waals surface area contributed by atoms with Crippen LogP contribution in [0.15, 0.2) is 0 Å². The number of nitrogens with two attached hydrogens (primary N) is 1. The molecule has 3 N–H and O–H groups in total. The lowest BCUT2D eigenvalue weighted by molar-refractivity contribution is -0.146. The van der Waals surface area contributed by atoms with Gasteiger partial charge in [-0.25, -0.2) is 0 Å². The molecular formula is C5H11NO4S. The van der Waals surface area contributed by atoms with Gasteiger partial charge in [0, 0.05) is 6.92 Å². The van der Waals surface area contributed by atoms with Gasteiger partial charge in [-0.05, 0) is 0 Å². The van der Waals surface area contributed by atoms with E-state index in [4.69, 9.17) is 10.8 Å². The Balaban J connectivity index is 0. The molecule has 11 heavy (non-hydrogen) atoms. The Bertz CT molecular complexity index is 149. The van der Waals surface area contributed by atoms with Gasteiger partial charge in [0.2, 0.25) is 0 Å². The Morgan fingerprint density at radius 1 is 1.64 bits per heavy atom. The van der Waals surface area contributed by atoms with Crippen LogP contribution in [0, 0.1) is 0 Å². The van der Waals surface area contributed by atoms with Crippen molar-refractivity contribution in [3.63, 3.8) is 0 Å². The number of carbonyl (C=O) groups excluding carboxylic acids is 1. The standard InChI is InChI=1S/C5H9NO4.H2S/c1-3(7)10-2-4(6)5(8)9;/h4H,2,6H2,1H3,(H,8,9);1H2. The normalized spacial score (nSPS) is 11.1. The maximum absolute atomic E-state index is 10.1. The predicted molar refractivity (Wildman–Crippen MR) is 42.6 cm³/mol. The van der Waals surface area contributed by atoms with Crippen LogP contribution in [0.5, 0.6) is 0 Å². The number of carbonyl (C=O) groups is 2. The maximum Gasteiger partial charge on any atom is 0.324 e. The minimum absolute atomic E-state index is 0. The van der Waals surface area contributed by atoms with Crippen molar-refractivity contribution in [2.75, 3.05) is 6.61 Å². The lowest BCUT2D eigenvalue weighted by Crippen LogP contribution is -2.35. The molecule has 0 fully saturated rings. The number of esters is 1. The van der Waals surface area contributed by atoms with Crippen LogP contribution >= 0.6 is 13.5 Å². The molecule has 66 valence electrons. The van der Waals surface area contributed by atoms with Crippen molar-refractivity contribution in [2.45, 2.75) is 13.0 Å². The highest BCUT2D eigenvalue weighted by Crippen LogP contribution is 1.82. The van der Waals surface area contributed by atoms with Crippen molar-refractivity contribution in [3.05, 3.63) is 0 Å². The van der Waals surface area contributed by atoms with Gasteiger partial charge in [-0.15, -0.1) is 0 Å². The van der Waals surface area contributed by atoms with E-state index in [-0.39, 0.29) is 20.1 Å². The van der Waals surface area contributed by atoms with Gasteiger partial charge in [-0.1, -0.05) is 0 Å². The summed E-state index contributed by atoms with van der Waals surface area (Å²) in [6.07, 6.45) is 0. The van der Waals surface area contributed by atoms with Crippen LogP contribution in [0.2, 0.25) is 0 Å². The molecule has 0 bridgehead atoms. The molecule has 0 aliphatic rings. The molecule has 1 unspecified atom stereocenters. The molecule has 0 aliphatic carbocycles. The number of carboxylic acids is 1. The number of hydrogen-bond acceptors (Lipinski definition) is 4. The monoisotopic (exact) mass is 181 g/mol. The SMILES string of the molecule is CC(=O)OCC(N)C(=O)O.S. The van der Waals surface area contributed by atoms with Crippen molar-refractivity contribution in [1.82, 2.24) is 0 Å². The molecule has 0 amide bonds. The third kappa shape index (κ3) is 7.14. The molecule has 0 rings (SSSR count). The first-order chi connectivity index (χ1) is 4.54. The van der Waals surface area contributed by atoms with Gasteiger partial charge in [-0.2, -0.15) is 13.5 Å². The molecule has 0 aromatic heterocycles. The average Bonchev–Trinajstić information content (AvgIpc) is 1.82. The second kappa shape index (κ2) is 5.99. The Morgan fingerprint density at radius 2 is 2.09 bits per heavy atom. The highest BCUT2D eigenvalue weighted by atomic mass is 32.1. The number of hydrogen-bond donors (Lipinski definition) is 2. The minimum Gasteiger partial charge on any atom is -0.480 e. The average molecular weight is 181 g/mol. The van der Waals surface area contributed by atoms with Crippen molar-refractivity contribution < 1.29 is 19.4 Å². The summed E-state index contributed by atoms with van der Waals surface area (Å²) in [6.45, 7) is 0.916. The van der Waals surface area contributed by atoms with E-state index >= 15 is 0 Å². The van der Waals surface area contributed by atoms with Crippen LogP contribution in [0.1, 0.15) is 6.92 Å². The first-order valence-electron chi connectivity index (χ1n) is 2.65. The fourth-order valence-electron chi connectivity index (χ4n) is 0.278. The van der Waals surface area contributed by atoms with E-state index in [1.54, 1.807) is 0 Å². The highest BCUT2D eigenvalue weighted by molar-refractivity contribution is 7.59. The molecule has 0 aromatic carbocycles. The van der Waals surface area contributed by atoms with Crippen LogP contribution in [0.25, 0.3) is 0 Å². The summed E-state index contributed by atoms with van der Waals surface area (Å²) < 4.78 is 4.32. The molecule has 0 saturated carbocycles. The van der Waals surface area contributed by atoms with E-state index in [1.165, 1.54) is 6.92 Å². The summed E-state index contributed by atoms with van der Waals surface area (Å²) >= 11 is 0. The quantitative estimate of drug-likeness (QED) is 0.549. The van der Waals surface area contributed by atoms with Crippen LogP contribution in [-0.2, 0) is 14.3 Å². The molecule has 0 heterocycles. The van der Waals surface area contributed by atoms with E-state index in [1.807, 2.05) is 0 Å². The van der Waals surface area contributed by atoms with E-state index in [0.717, 1.165) is 0 Å². The van der Waals surface area contributed by atoms with Gasteiger partial charge in [0.25, 0.3) is 0 Å². The second-order valence-electron chi connectivity index (χ2n) is 1.75. The van der Waals surface area contributed by atoms with Gasteiger partial charge in [0.15, 0.2) is 0 Å². The zero-order valence-electron chi connectivity index (χ0n) is 6.03. The van der Waals surface area contributed by atoms with Crippen molar-refractivity contribution in [2.24, 2.45) is 5.73 Å². The molecule has 0 aliphatic heterocycles. The first kappa shape index (κ1) is 12.9. The maximum atomic E-state index is 10.1. The molecule has 0 saturated heterocycles. The molecule has 0 radical (unpaired) electrons. The largest absolute Gasteiger partial charge is 0.480 e. The highest BCUT2D eigenvalue weighted by Gasteiger charge is 2.11. The van der Waals surface area contributed by atoms with E-state index < -0.39 is 18.0 Å². The van der Waals surface area contributed by atoms with Gasteiger partial charge in [-0.3, -0.25) is 9.59 Å². The van der Waals surface area contributed by atoms with Gasteiger partial charge in [0.05, 0.1) is 0 Å². The van der Waals surface area contributed by atoms with Crippen LogP contribution in [0.3, 0.4) is 0 Å². The topological polar surface area (TPSA) is 89.6 Å². The van der Waals surface area contributed by atoms with Gasteiger partial charge < -0.3 is 15.6 Å². The fourth-order valence-corrected chi connectivity index (χ4v) is 0.278. The summed E-state index contributed by atoms with van der Waals surface area (Å²) in [4.78, 5) is 20.1. The summed E-state index contributed by atoms with van der Waals surface area (Å²) in [5, 5.41) is 8.18. The Kier molecular flexibility index (Phi) is 7.02. The number of rotatable bonds is 3.